The molecule has 0 saturated carbocycles. The molecule has 0 rings (SSSR count). The van der Waals surface area contributed by atoms with Gasteiger partial charge in [0.05, 0.1) is 581 Å². The van der Waals surface area contributed by atoms with Crippen LogP contribution < -0.4 is 0 Å². The molecular formula is C92H182O48. The van der Waals surface area contributed by atoms with E-state index in [0.29, 0.717) is 542 Å². The summed E-state index contributed by atoms with van der Waals surface area (Å²) < 4.78 is 241. The van der Waals surface area contributed by atoms with E-state index in [-0.39, 0.29) is 52.5 Å². The molecule has 140 heavy (non-hydrogen) atoms. The molecule has 0 unspecified atom stereocenters. The summed E-state index contributed by atoms with van der Waals surface area (Å²) in [6.07, 6.45) is -0.213. The van der Waals surface area contributed by atoms with Crippen molar-refractivity contribution in [2.45, 2.75) is 12.8 Å². The minimum Gasteiger partial charge on any atom is -0.463 e. The number of carbonyl (C=O) groups is 2. The van der Waals surface area contributed by atoms with E-state index in [1.807, 2.05) is 0 Å². The number of aliphatic hydroxyl groups is 2. The Bertz CT molecular complexity index is 2080. The molecule has 0 aliphatic heterocycles. The van der Waals surface area contributed by atoms with Crippen molar-refractivity contribution in [2.24, 2.45) is 0 Å². The fourth-order valence-corrected chi connectivity index (χ4v) is 9.91. The van der Waals surface area contributed by atoms with Crippen molar-refractivity contribution in [3.8, 4) is 0 Å². The zero-order valence-corrected chi connectivity index (χ0v) is 84.3. The van der Waals surface area contributed by atoms with Gasteiger partial charge in [0, 0.05) is 0 Å². The van der Waals surface area contributed by atoms with Crippen LogP contribution >= 0.6 is 0 Å². The Balaban J connectivity index is 3.18. The summed E-state index contributed by atoms with van der Waals surface area (Å²) >= 11 is 0. The van der Waals surface area contributed by atoms with Gasteiger partial charge in [0.15, 0.2) is 0 Å². The monoisotopic (exact) mass is 2060 g/mol. The molecule has 48 heteroatoms. The summed E-state index contributed by atoms with van der Waals surface area (Å²) in [6, 6.07) is 0. The summed E-state index contributed by atoms with van der Waals surface area (Å²) in [5, 5.41) is 17.3. The van der Waals surface area contributed by atoms with Gasteiger partial charge < -0.3 is 219 Å². The first-order chi connectivity index (χ1) is 69.7. The van der Waals surface area contributed by atoms with E-state index in [2.05, 4.69) is 0 Å². The highest BCUT2D eigenvalue weighted by Crippen LogP contribution is 2.00. The molecule has 0 aromatic carbocycles. The highest BCUT2D eigenvalue weighted by Gasteiger charge is 2.11. The lowest BCUT2D eigenvalue weighted by Gasteiger charge is -2.09. The van der Waals surface area contributed by atoms with Gasteiger partial charge in [0.25, 0.3) is 0 Å². The average molecular weight is 2060 g/mol. The predicted molar refractivity (Wildman–Crippen MR) is 500 cm³/mol. The standard InChI is InChI=1S/C92H182O48/c93-3-5-97-7-9-99-11-13-101-15-17-103-19-21-105-23-25-107-27-29-109-31-33-111-35-37-113-39-41-115-43-45-117-47-49-119-51-53-121-55-57-123-59-61-125-63-65-127-67-69-129-71-73-131-75-77-133-79-81-135-83-85-137-87-89-139-91(95)1-2-92(96)140-90-88-138-86-84-136-82-80-134-78-76-132-74-72-130-70-68-128-66-64-126-62-60-124-58-56-122-54-52-120-50-48-118-46-44-116-42-40-114-38-36-112-34-32-110-30-28-108-26-24-106-22-20-104-18-16-102-14-12-100-10-8-98-6-4-94/h93-94H,1-90H2. The number of ether oxygens (including phenoxy) is 44. The van der Waals surface area contributed by atoms with E-state index >= 15 is 0 Å². The SMILES string of the molecule is O=C(CCC(=O)OCCOCCOCCOCCOCCOCCOCCOCCOCCOCCOCCOCCOCCOCCOCCOCCOCCOCCOCCOCCOCCOCCO)OCCOCCOCCOCCOCCOCCOCCOCCOCCOCCOCCOCCOCCOCCOCCOCCOCCOCCOCCOCCOCCOCCO. The normalized spacial score (nSPS) is 11.8. The second-order valence-electron chi connectivity index (χ2n) is 28.1. The third-order valence-corrected chi connectivity index (χ3v) is 16.9. The summed E-state index contributed by atoms with van der Waals surface area (Å²) in [4.78, 5) is 24.0. The van der Waals surface area contributed by atoms with Crippen LogP contribution in [-0.4, -0.2) is 604 Å². The van der Waals surface area contributed by atoms with Crippen molar-refractivity contribution in [3.05, 3.63) is 0 Å². The number of aliphatic hydroxyl groups excluding tert-OH is 2. The fourth-order valence-electron chi connectivity index (χ4n) is 9.91. The number of hydrogen-bond donors (Lipinski definition) is 2. The van der Waals surface area contributed by atoms with Gasteiger partial charge in [-0.2, -0.15) is 0 Å². The Morgan fingerprint density at radius 1 is 0.0929 bits per heavy atom. The van der Waals surface area contributed by atoms with Gasteiger partial charge in [-0.3, -0.25) is 9.59 Å². The Hall–Kier alpha value is -2.82. The van der Waals surface area contributed by atoms with Crippen molar-refractivity contribution < 1.29 is 228 Å². The topological polar surface area (TPSA) is 481 Å². The predicted octanol–water partition coefficient (Wildman–Crippen LogP) is -0.465. The number of hydrogen-bond acceptors (Lipinski definition) is 48. The van der Waals surface area contributed by atoms with Crippen LogP contribution in [0.3, 0.4) is 0 Å². The molecule has 0 aromatic rings. The molecule has 0 aliphatic carbocycles. The van der Waals surface area contributed by atoms with Crippen LogP contribution in [0.15, 0.2) is 0 Å². The summed E-state index contributed by atoms with van der Waals surface area (Å²) in [6.45, 7) is 37.8. The van der Waals surface area contributed by atoms with Gasteiger partial charge in [-0.15, -0.1) is 0 Å². The largest absolute Gasteiger partial charge is 0.463 e. The number of rotatable bonds is 133. The van der Waals surface area contributed by atoms with Crippen molar-refractivity contribution in [1.29, 1.82) is 0 Å². The van der Waals surface area contributed by atoms with Gasteiger partial charge in [0.1, 0.15) is 13.2 Å². The third-order valence-electron chi connectivity index (χ3n) is 16.9. The molecule has 0 amide bonds. The summed E-state index contributed by atoms with van der Waals surface area (Å²) in [5.41, 5.74) is 0. The van der Waals surface area contributed by atoms with Gasteiger partial charge in [-0.05, 0) is 0 Å². The molecule has 48 nitrogen and oxygen atoms in total. The zero-order chi connectivity index (χ0) is 99.9. The van der Waals surface area contributed by atoms with Crippen molar-refractivity contribution >= 4 is 11.9 Å². The molecule has 2 N–H and O–H groups in total. The van der Waals surface area contributed by atoms with Crippen LogP contribution in [0, 0.1) is 0 Å². The molecule has 0 aliphatic rings. The highest BCUT2D eigenvalue weighted by molar-refractivity contribution is 5.77. The molecule has 838 valence electrons. The smallest absolute Gasteiger partial charge is 0.306 e. The lowest BCUT2D eigenvalue weighted by atomic mass is 10.3. The fraction of sp³-hybridized carbons (Fsp3) is 0.978. The summed E-state index contributed by atoms with van der Waals surface area (Å²) in [5.74, 6) is -1.05. The van der Waals surface area contributed by atoms with Gasteiger partial charge in [0.2, 0.25) is 0 Å². The molecule has 0 saturated heterocycles. The minimum absolute atomic E-state index is 0.0121. The van der Waals surface area contributed by atoms with Gasteiger partial charge >= 0.3 is 11.9 Å². The van der Waals surface area contributed by atoms with Gasteiger partial charge in [-0.25, -0.2) is 0 Å². The van der Waals surface area contributed by atoms with Crippen LogP contribution in [0.5, 0.6) is 0 Å². The van der Waals surface area contributed by atoms with E-state index < -0.39 is 11.9 Å². The maximum absolute atomic E-state index is 12.0. The molecule has 0 atom stereocenters. The maximum atomic E-state index is 12.0. The second kappa shape index (κ2) is 132. The zero-order valence-electron chi connectivity index (χ0n) is 84.3. The molecule has 0 spiro atoms. The van der Waals surface area contributed by atoms with Crippen molar-refractivity contribution in [1.82, 2.24) is 0 Å². The van der Waals surface area contributed by atoms with E-state index in [1.165, 1.54) is 0 Å². The lowest BCUT2D eigenvalue weighted by Crippen LogP contribution is -2.17. The molecule has 0 radical (unpaired) electrons. The van der Waals surface area contributed by atoms with Gasteiger partial charge in [-0.1, -0.05) is 0 Å². The van der Waals surface area contributed by atoms with Crippen LogP contribution in [0.4, 0.5) is 0 Å². The lowest BCUT2D eigenvalue weighted by molar-refractivity contribution is -0.152. The first-order valence-electron chi connectivity index (χ1n) is 49.5. The van der Waals surface area contributed by atoms with Crippen molar-refractivity contribution in [2.75, 3.05) is 581 Å². The Kier molecular flexibility index (Phi) is 130. The molecule has 0 bridgehead atoms. The molecule has 0 aromatic heterocycles. The Labute approximate surface area is 831 Å². The van der Waals surface area contributed by atoms with E-state index in [9.17, 15) is 9.59 Å². The quantitative estimate of drug-likeness (QED) is 0.0574. The van der Waals surface area contributed by atoms with Crippen LogP contribution in [-0.2, 0) is 218 Å². The van der Waals surface area contributed by atoms with E-state index in [4.69, 9.17) is 219 Å². The second-order valence-corrected chi connectivity index (χ2v) is 28.1. The Morgan fingerprint density at radius 3 is 0.214 bits per heavy atom. The minimum atomic E-state index is -0.524. The van der Waals surface area contributed by atoms with Crippen LogP contribution in [0.1, 0.15) is 12.8 Å². The first kappa shape index (κ1) is 137. The van der Waals surface area contributed by atoms with Crippen molar-refractivity contribution in [3.63, 3.8) is 0 Å². The molecule has 0 fully saturated rings. The number of esters is 2. The average Bonchev–Trinajstić information content (AvgIpc) is 1.00. The number of carbonyl (C=O) groups excluding carboxylic acids is 2. The Morgan fingerprint density at radius 2 is 0.150 bits per heavy atom. The van der Waals surface area contributed by atoms with Crippen LogP contribution in [0.25, 0.3) is 0 Å². The van der Waals surface area contributed by atoms with Crippen LogP contribution in [0.2, 0.25) is 0 Å². The highest BCUT2D eigenvalue weighted by atomic mass is 16.7. The maximum Gasteiger partial charge on any atom is 0.306 e. The van der Waals surface area contributed by atoms with E-state index in [0.717, 1.165) is 0 Å². The summed E-state index contributed by atoms with van der Waals surface area (Å²) in [7, 11) is 0. The first-order valence-corrected chi connectivity index (χ1v) is 49.5. The molecular weight excluding hydrogens is 1870 g/mol. The third kappa shape index (κ3) is 131. The molecule has 0 heterocycles. The van der Waals surface area contributed by atoms with E-state index in [1.54, 1.807) is 0 Å².